The van der Waals surface area contributed by atoms with E-state index >= 15 is 0 Å². The van der Waals surface area contributed by atoms with E-state index in [2.05, 4.69) is 5.32 Å². The molecule has 0 saturated heterocycles. The minimum absolute atomic E-state index is 0.0284. The van der Waals surface area contributed by atoms with Crippen molar-refractivity contribution in [3.8, 4) is 5.75 Å². The topological polar surface area (TPSA) is 173 Å². The number of primary amides is 1. The standard InChI is InChI=1S/C30H35N3O7/c1-33(2)20-12-17(14-32-9-8-15-6-4-3-5-7-15)25(35)23-19(20)11-16-10-18-13-21(34)24(29(31)39)28(38)30(18,40)27(37)22(16)26(23)36/h3-7,12,16,18,21,24,32,34-35,37,40H,8-11,13-14H2,1-2H3,(H2,31,39)/t16-,18+,21?,24?,30+/m1/s1. The van der Waals surface area contributed by atoms with Crippen LogP contribution in [0.15, 0.2) is 47.7 Å². The van der Waals surface area contributed by atoms with Crippen molar-refractivity contribution < 1.29 is 34.8 Å². The third-order valence-corrected chi connectivity index (χ3v) is 8.68. The van der Waals surface area contributed by atoms with Crippen molar-refractivity contribution in [1.29, 1.82) is 0 Å². The van der Waals surface area contributed by atoms with Crippen LogP contribution in [0, 0.1) is 17.8 Å². The number of nitrogens with one attached hydrogen (secondary N) is 1. The van der Waals surface area contributed by atoms with E-state index in [1.807, 2.05) is 55.4 Å². The molecule has 1 fully saturated rings. The Bertz CT molecular complexity index is 1400. The molecule has 0 heterocycles. The maximum atomic E-state index is 13.9. The Balaban J connectivity index is 1.51. The fourth-order valence-corrected chi connectivity index (χ4v) is 6.66. The van der Waals surface area contributed by atoms with E-state index in [4.69, 9.17) is 5.73 Å². The molecule has 2 aromatic carbocycles. The van der Waals surface area contributed by atoms with E-state index in [1.54, 1.807) is 0 Å². The van der Waals surface area contributed by atoms with E-state index in [9.17, 15) is 34.8 Å². The van der Waals surface area contributed by atoms with E-state index in [1.165, 1.54) is 5.56 Å². The van der Waals surface area contributed by atoms with Gasteiger partial charge in [-0.05, 0) is 55.3 Å². The SMILES string of the molecule is CN(C)c1cc(CNCCc2ccccc2)c(O)c2c1C[C@H]1C[C@H]3CC(O)C(C(N)=O)C(=O)[C@@]3(O)C(O)=C1C2=O. The van der Waals surface area contributed by atoms with Crippen LogP contribution in [0.3, 0.4) is 0 Å². The third kappa shape index (κ3) is 4.36. The first-order valence-electron chi connectivity index (χ1n) is 13.5. The Morgan fingerprint density at radius 2 is 1.85 bits per heavy atom. The summed E-state index contributed by atoms with van der Waals surface area (Å²) >= 11 is 0. The second-order valence-electron chi connectivity index (χ2n) is 11.3. The summed E-state index contributed by atoms with van der Waals surface area (Å²) in [6.45, 7) is 0.931. The molecule has 2 unspecified atom stereocenters. The van der Waals surface area contributed by atoms with Crippen LogP contribution in [0.25, 0.3) is 0 Å². The Kier molecular flexibility index (Phi) is 7.20. The van der Waals surface area contributed by atoms with Gasteiger partial charge >= 0.3 is 0 Å². The molecule has 7 N–H and O–H groups in total. The van der Waals surface area contributed by atoms with Gasteiger partial charge in [0.05, 0.1) is 11.7 Å². The number of anilines is 1. The van der Waals surface area contributed by atoms with Gasteiger partial charge in [-0.3, -0.25) is 14.4 Å². The number of hydrogen-bond acceptors (Lipinski definition) is 9. The predicted octanol–water partition coefficient (Wildman–Crippen LogP) is 1.14. The molecule has 2 aromatic rings. The normalized spacial score (nSPS) is 27.6. The molecule has 0 bridgehead atoms. The van der Waals surface area contributed by atoms with Crippen LogP contribution in [0.5, 0.6) is 5.75 Å². The van der Waals surface area contributed by atoms with Crippen LogP contribution in [0.2, 0.25) is 0 Å². The highest BCUT2D eigenvalue weighted by Crippen LogP contribution is 2.52. The number of nitrogens with two attached hydrogens (primary N) is 1. The van der Waals surface area contributed by atoms with Gasteiger partial charge in [0.15, 0.2) is 17.2 Å². The van der Waals surface area contributed by atoms with E-state index in [0.29, 0.717) is 17.7 Å². The number of benzene rings is 2. The molecule has 0 aliphatic heterocycles. The first-order valence-corrected chi connectivity index (χ1v) is 13.5. The average Bonchev–Trinajstić information content (AvgIpc) is 2.90. The highest BCUT2D eigenvalue weighted by molar-refractivity contribution is 6.16. The number of aliphatic hydroxyl groups is 3. The molecule has 1 amide bonds. The Hall–Kier alpha value is -3.73. The average molecular weight is 550 g/mol. The number of nitrogens with zero attached hydrogens (tertiary/aromatic N) is 1. The minimum atomic E-state index is -2.52. The molecule has 5 atom stereocenters. The molecular weight excluding hydrogens is 514 g/mol. The van der Waals surface area contributed by atoms with Gasteiger partial charge in [0, 0.05) is 43.4 Å². The van der Waals surface area contributed by atoms with Crippen LogP contribution in [0.1, 0.15) is 39.9 Å². The maximum absolute atomic E-state index is 13.9. The zero-order chi connectivity index (χ0) is 28.9. The van der Waals surface area contributed by atoms with E-state index in [0.717, 1.165) is 12.1 Å². The fourth-order valence-electron chi connectivity index (χ4n) is 6.66. The lowest BCUT2D eigenvalue weighted by molar-refractivity contribution is -0.167. The molecule has 0 radical (unpaired) electrons. The number of aliphatic hydroxyl groups excluding tert-OH is 2. The van der Waals surface area contributed by atoms with Gasteiger partial charge in [-0.15, -0.1) is 0 Å². The van der Waals surface area contributed by atoms with Crippen molar-refractivity contribution in [2.45, 2.75) is 43.9 Å². The molecule has 0 aromatic heterocycles. The summed E-state index contributed by atoms with van der Waals surface area (Å²) in [6, 6.07) is 11.8. The number of aromatic hydroxyl groups is 1. The smallest absolute Gasteiger partial charge is 0.230 e. The quantitative estimate of drug-likeness (QED) is 0.219. The number of carbonyl (C=O) groups excluding carboxylic acids is 3. The summed E-state index contributed by atoms with van der Waals surface area (Å²) in [6.07, 6.45) is -0.340. The molecule has 1 saturated carbocycles. The van der Waals surface area contributed by atoms with Crippen molar-refractivity contribution in [3.05, 3.63) is 70.0 Å². The third-order valence-electron chi connectivity index (χ3n) is 8.68. The summed E-state index contributed by atoms with van der Waals surface area (Å²) < 4.78 is 0. The summed E-state index contributed by atoms with van der Waals surface area (Å²) in [5.41, 5.74) is 5.71. The van der Waals surface area contributed by atoms with Crippen LogP contribution in [-0.2, 0) is 29.0 Å². The van der Waals surface area contributed by atoms with Gasteiger partial charge in [0.25, 0.3) is 0 Å². The van der Waals surface area contributed by atoms with Crippen LogP contribution in [-0.4, -0.2) is 70.2 Å². The number of Topliss-reactive ketones (excluding diaryl/α,β-unsaturated/α-hetero) is 2. The number of rotatable bonds is 7. The van der Waals surface area contributed by atoms with Gasteiger partial charge in [0.2, 0.25) is 5.91 Å². The number of fused-ring (bicyclic) bond motifs is 3. The van der Waals surface area contributed by atoms with E-state index < -0.39 is 52.7 Å². The summed E-state index contributed by atoms with van der Waals surface area (Å²) in [5.74, 6) is -7.08. The highest BCUT2D eigenvalue weighted by Gasteiger charge is 2.62. The zero-order valence-electron chi connectivity index (χ0n) is 22.6. The molecule has 10 nitrogen and oxygen atoms in total. The first kappa shape index (κ1) is 27.8. The Labute approximate surface area is 232 Å². The van der Waals surface area contributed by atoms with Crippen molar-refractivity contribution >= 4 is 23.2 Å². The molecule has 3 aliphatic rings. The summed E-state index contributed by atoms with van der Waals surface area (Å²) in [4.78, 5) is 40.9. The van der Waals surface area contributed by atoms with Crippen molar-refractivity contribution in [2.24, 2.45) is 23.5 Å². The van der Waals surface area contributed by atoms with E-state index in [-0.39, 0.29) is 42.7 Å². The molecule has 212 valence electrons. The largest absolute Gasteiger partial charge is 0.508 e. The number of amides is 1. The van der Waals surface area contributed by atoms with Gasteiger partial charge in [-0.1, -0.05) is 30.3 Å². The zero-order valence-corrected chi connectivity index (χ0v) is 22.6. The lowest BCUT2D eigenvalue weighted by Gasteiger charge is -2.48. The summed E-state index contributed by atoms with van der Waals surface area (Å²) in [7, 11) is 3.68. The fraction of sp³-hybridized carbons (Fsp3) is 0.433. The second kappa shape index (κ2) is 10.3. The Morgan fingerprint density at radius 3 is 2.50 bits per heavy atom. The summed E-state index contributed by atoms with van der Waals surface area (Å²) in [5, 5.41) is 47.8. The first-order chi connectivity index (χ1) is 19.0. The lowest BCUT2D eigenvalue weighted by atomic mass is 9.57. The predicted molar refractivity (Wildman–Crippen MR) is 147 cm³/mol. The second-order valence-corrected chi connectivity index (χ2v) is 11.3. The molecular formula is C30H35N3O7. The van der Waals surface area contributed by atoms with Gasteiger partial charge in [0.1, 0.15) is 17.4 Å². The van der Waals surface area contributed by atoms with Crippen LogP contribution < -0.4 is 16.0 Å². The number of allylic oxidation sites excluding steroid dienone is 1. The lowest BCUT2D eigenvalue weighted by Crippen LogP contribution is -2.63. The molecule has 3 aliphatic carbocycles. The number of ketones is 2. The van der Waals surface area contributed by atoms with Gasteiger partial charge in [-0.25, -0.2) is 0 Å². The van der Waals surface area contributed by atoms with Crippen molar-refractivity contribution in [3.63, 3.8) is 0 Å². The van der Waals surface area contributed by atoms with Crippen molar-refractivity contribution in [2.75, 3.05) is 25.5 Å². The van der Waals surface area contributed by atoms with Crippen molar-refractivity contribution in [1.82, 2.24) is 5.32 Å². The number of hydrogen-bond donors (Lipinski definition) is 6. The Morgan fingerprint density at radius 1 is 1.15 bits per heavy atom. The number of carbonyl (C=O) groups is 3. The highest BCUT2D eigenvalue weighted by atomic mass is 16.3. The minimum Gasteiger partial charge on any atom is -0.508 e. The van der Waals surface area contributed by atoms with Gasteiger partial charge < -0.3 is 36.4 Å². The number of phenolic OH excluding ortho intramolecular Hbond substituents is 1. The van der Waals surface area contributed by atoms with Crippen LogP contribution >= 0.6 is 0 Å². The van der Waals surface area contributed by atoms with Gasteiger partial charge in [-0.2, -0.15) is 0 Å². The monoisotopic (exact) mass is 549 g/mol. The number of phenols is 1. The molecule has 0 spiro atoms. The van der Waals surface area contributed by atoms with Crippen LogP contribution in [0.4, 0.5) is 5.69 Å². The maximum Gasteiger partial charge on any atom is 0.230 e. The molecule has 10 heteroatoms. The molecule has 40 heavy (non-hydrogen) atoms. The molecule has 5 rings (SSSR count).